The van der Waals surface area contributed by atoms with Gasteiger partial charge in [0.25, 0.3) is 5.91 Å². The molecule has 0 radical (unpaired) electrons. The van der Waals surface area contributed by atoms with E-state index in [4.69, 9.17) is 9.72 Å². The Bertz CT molecular complexity index is 1500. The molecule has 0 saturated carbocycles. The first-order valence-electron chi connectivity index (χ1n) is 12.6. The van der Waals surface area contributed by atoms with Crippen LogP contribution in [0.15, 0.2) is 66.7 Å². The van der Waals surface area contributed by atoms with Gasteiger partial charge in [0.1, 0.15) is 17.4 Å². The highest BCUT2D eigenvalue weighted by Gasteiger charge is 2.18. The molecule has 1 saturated heterocycles. The molecule has 1 amide bonds. The molecule has 200 valence electrons. The van der Waals surface area contributed by atoms with Crippen LogP contribution in [0.25, 0.3) is 11.0 Å². The van der Waals surface area contributed by atoms with Gasteiger partial charge < -0.3 is 20.3 Å². The van der Waals surface area contributed by atoms with Crippen molar-refractivity contribution in [2.75, 3.05) is 41.8 Å². The molecular weight excluding hydrogens is 492 g/mol. The Morgan fingerprint density at radius 1 is 1.23 bits per heavy atom. The lowest BCUT2D eigenvalue weighted by Gasteiger charge is -2.26. The van der Waals surface area contributed by atoms with Gasteiger partial charge in [-0.05, 0) is 45.4 Å². The summed E-state index contributed by atoms with van der Waals surface area (Å²) in [6.07, 6.45) is 8.33. The Hall–Kier alpha value is -4.62. The van der Waals surface area contributed by atoms with E-state index >= 15 is 0 Å². The van der Waals surface area contributed by atoms with Gasteiger partial charge in [0.2, 0.25) is 5.95 Å². The molecule has 1 aromatic carbocycles. The molecule has 0 aliphatic carbocycles. The first-order valence-corrected chi connectivity index (χ1v) is 12.6. The van der Waals surface area contributed by atoms with Gasteiger partial charge in [-0.1, -0.05) is 36.4 Å². The van der Waals surface area contributed by atoms with Crippen molar-refractivity contribution >= 4 is 40.1 Å². The molecule has 2 N–H and O–H groups in total. The van der Waals surface area contributed by atoms with Crippen molar-refractivity contribution in [2.24, 2.45) is 5.41 Å². The summed E-state index contributed by atoms with van der Waals surface area (Å²) < 4.78 is 5.44. The van der Waals surface area contributed by atoms with Crippen molar-refractivity contribution < 1.29 is 9.53 Å². The number of nitrogens with zero attached hydrogens (tertiary/aromatic N) is 6. The second kappa shape index (κ2) is 11.8. The summed E-state index contributed by atoms with van der Waals surface area (Å²) >= 11 is 0. The number of rotatable bonds is 8. The number of aromatic nitrogens is 4. The first-order chi connectivity index (χ1) is 18.7. The molecular formula is C29H32N8O2. The molecule has 3 heterocycles. The molecule has 39 heavy (non-hydrogen) atoms. The molecule has 0 unspecified atom stereocenters. The van der Waals surface area contributed by atoms with Crippen LogP contribution in [0.3, 0.4) is 0 Å². The second-order valence-corrected chi connectivity index (χ2v) is 9.81. The monoisotopic (exact) mass is 524 g/mol. The van der Waals surface area contributed by atoms with E-state index < -0.39 is 5.41 Å². The van der Waals surface area contributed by atoms with Crippen molar-refractivity contribution in [1.29, 1.82) is 5.26 Å². The molecule has 0 atom stereocenters. The van der Waals surface area contributed by atoms with Crippen molar-refractivity contribution in [3.63, 3.8) is 0 Å². The number of hydrogen-bond donors (Lipinski definition) is 2. The van der Waals surface area contributed by atoms with Crippen molar-refractivity contribution in [3.05, 3.63) is 72.2 Å². The van der Waals surface area contributed by atoms with Crippen LogP contribution in [0.1, 0.15) is 26.3 Å². The summed E-state index contributed by atoms with van der Waals surface area (Å²) in [5, 5.41) is 15.5. The highest BCUT2D eigenvalue weighted by Crippen LogP contribution is 2.28. The van der Waals surface area contributed by atoms with Crippen LogP contribution in [0.4, 0.5) is 23.1 Å². The summed E-state index contributed by atoms with van der Waals surface area (Å²) in [5.74, 6) is 0.814. The van der Waals surface area contributed by atoms with Crippen LogP contribution in [-0.4, -0.2) is 52.1 Å². The highest BCUT2D eigenvalue weighted by atomic mass is 16.5. The fraction of sp³-hybridized carbons (Fsp3) is 0.310. The minimum atomic E-state index is -0.579. The van der Waals surface area contributed by atoms with E-state index in [1.165, 1.54) is 6.33 Å². The number of amides is 1. The number of benzene rings is 1. The van der Waals surface area contributed by atoms with E-state index in [1.807, 2.05) is 52.0 Å². The van der Waals surface area contributed by atoms with Crippen LogP contribution < -0.4 is 15.5 Å². The first kappa shape index (κ1) is 27.4. The van der Waals surface area contributed by atoms with Crippen molar-refractivity contribution in [3.8, 4) is 6.07 Å². The van der Waals surface area contributed by atoms with Gasteiger partial charge in [-0.15, -0.1) is 0 Å². The van der Waals surface area contributed by atoms with Gasteiger partial charge in [0, 0.05) is 30.0 Å². The number of nitriles is 1. The third-order valence-electron chi connectivity index (χ3n) is 6.61. The van der Waals surface area contributed by atoms with E-state index in [2.05, 4.69) is 43.1 Å². The largest absolute Gasteiger partial charge is 0.378 e. The standard InChI is InChI=1S/C29H32N8O2/c1-19-9-10-22(34-27(38)20(2)7-6-8-21(3)29(4,5)17-30)15-23(19)35-26-25-24(32-18-33-26)16-31-28(36-25)37-11-13-39-14-12-37/h6-10,15-16,18H,2,11-14H2,1,3-5H3,(H,34,38)(H,32,33,35)/b7-6-,21-8+. The molecule has 0 bridgehead atoms. The van der Waals surface area contributed by atoms with E-state index in [0.29, 0.717) is 41.7 Å². The van der Waals surface area contributed by atoms with Gasteiger partial charge in [-0.25, -0.2) is 19.9 Å². The van der Waals surface area contributed by atoms with Crippen LogP contribution in [0.2, 0.25) is 0 Å². The molecule has 1 aliphatic rings. The molecule has 3 aromatic rings. The van der Waals surface area contributed by atoms with E-state index in [-0.39, 0.29) is 11.5 Å². The number of morpholine rings is 1. The third kappa shape index (κ3) is 6.64. The maximum atomic E-state index is 12.8. The maximum absolute atomic E-state index is 12.8. The lowest BCUT2D eigenvalue weighted by atomic mass is 9.87. The number of fused-ring (bicyclic) bond motifs is 1. The average Bonchev–Trinajstić information content (AvgIpc) is 2.95. The van der Waals surface area contributed by atoms with E-state index in [0.717, 1.165) is 29.9 Å². The summed E-state index contributed by atoms with van der Waals surface area (Å²) in [6, 6.07) is 7.82. The Labute approximate surface area is 228 Å². The molecule has 4 rings (SSSR count). The topological polar surface area (TPSA) is 129 Å². The molecule has 10 heteroatoms. The summed E-state index contributed by atoms with van der Waals surface area (Å²) in [4.78, 5) is 32.8. The summed E-state index contributed by atoms with van der Waals surface area (Å²) in [6.45, 7) is 14.1. The fourth-order valence-corrected chi connectivity index (χ4v) is 3.71. The molecule has 10 nitrogen and oxygen atoms in total. The fourth-order valence-electron chi connectivity index (χ4n) is 3.71. The summed E-state index contributed by atoms with van der Waals surface area (Å²) in [7, 11) is 0. The van der Waals surface area contributed by atoms with Crippen LogP contribution >= 0.6 is 0 Å². The van der Waals surface area contributed by atoms with Crippen LogP contribution in [0.5, 0.6) is 0 Å². The van der Waals surface area contributed by atoms with Gasteiger partial charge >= 0.3 is 0 Å². The second-order valence-electron chi connectivity index (χ2n) is 9.81. The molecule has 1 fully saturated rings. The number of ether oxygens (including phenoxy) is 1. The lowest BCUT2D eigenvalue weighted by molar-refractivity contribution is -0.112. The van der Waals surface area contributed by atoms with Gasteiger partial charge in [0.05, 0.1) is 30.9 Å². The Morgan fingerprint density at radius 2 is 2.00 bits per heavy atom. The minimum Gasteiger partial charge on any atom is -0.378 e. The van der Waals surface area contributed by atoms with Crippen LogP contribution in [-0.2, 0) is 9.53 Å². The van der Waals surface area contributed by atoms with Gasteiger partial charge in [0.15, 0.2) is 5.82 Å². The number of nitrogens with one attached hydrogen (secondary N) is 2. The van der Waals surface area contributed by atoms with E-state index in [1.54, 1.807) is 18.3 Å². The SMILES string of the molecule is C=C(/C=C\C=C(/C)C(C)(C)C#N)C(=O)Nc1ccc(C)c(Nc2ncnc3cnc(N4CCOCC4)nc23)c1. The quantitative estimate of drug-likeness (QED) is 0.314. The smallest absolute Gasteiger partial charge is 0.255 e. The number of hydrogen-bond acceptors (Lipinski definition) is 9. The highest BCUT2D eigenvalue weighted by molar-refractivity contribution is 6.05. The average molecular weight is 525 g/mol. The molecule has 2 aromatic heterocycles. The zero-order chi connectivity index (χ0) is 28.0. The Balaban J connectivity index is 1.51. The third-order valence-corrected chi connectivity index (χ3v) is 6.61. The lowest BCUT2D eigenvalue weighted by Crippen LogP contribution is -2.37. The number of carbonyl (C=O) groups is 1. The normalized spacial score (nSPS) is 14.3. The Kier molecular flexibility index (Phi) is 8.32. The number of anilines is 4. The van der Waals surface area contributed by atoms with Crippen molar-refractivity contribution in [1.82, 2.24) is 19.9 Å². The Morgan fingerprint density at radius 3 is 2.74 bits per heavy atom. The van der Waals surface area contributed by atoms with Gasteiger partial charge in [-0.3, -0.25) is 4.79 Å². The minimum absolute atomic E-state index is 0.290. The maximum Gasteiger partial charge on any atom is 0.255 e. The summed E-state index contributed by atoms with van der Waals surface area (Å²) in [5.41, 5.74) is 4.15. The number of carbonyl (C=O) groups excluding carboxylic acids is 1. The predicted molar refractivity (Wildman–Crippen MR) is 153 cm³/mol. The van der Waals surface area contributed by atoms with Crippen molar-refractivity contribution in [2.45, 2.75) is 27.7 Å². The zero-order valence-corrected chi connectivity index (χ0v) is 22.7. The van der Waals surface area contributed by atoms with Crippen LogP contribution in [0, 0.1) is 23.7 Å². The molecule has 1 aliphatic heterocycles. The number of allylic oxidation sites excluding steroid dienone is 3. The predicted octanol–water partition coefficient (Wildman–Crippen LogP) is 4.86. The van der Waals surface area contributed by atoms with Gasteiger partial charge in [-0.2, -0.15) is 5.26 Å². The zero-order valence-electron chi connectivity index (χ0n) is 22.7. The number of aryl methyl sites for hydroxylation is 1. The molecule has 0 spiro atoms. The van der Waals surface area contributed by atoms with E-state index in [9.17, 15) is 10.1 Å².